The van der Waals surface area contributed by atoms with E-state index in [0.29, 0.717) is 25.5 Å². The van der Waals surface area contributed by atoms with Crippen LogP contribution in [0.25, 0.3) is 0 Å². The van der Waals surface area contributed by atoms with Gasteiger partial charge in [0, 0.05) is 6.42 Å². The van der Waals surface area contributed by atoms with Crippen LogP contribution in [0.1, 0.15) is 25.0 Å². The highest BCUT2D eigenvalue weighted by Gasteiger charge is 2.27. The molecular formula is C10H16N4O2. The summed E-state index contributed by atoms with van der Waals surface area (Å²) >= 11 is 0. The van der Waals surface area contributed by atoms with Crippen molar-refractivity contribution in [1.82, 2.24) is 14.8 Å². The number of carbonyl (C=O) groups excluding carboxylic acids is 1. The molecule has 1 atom stereocenters. The van der Waals surface area contributed by atoms with Crippen LogP contribution >= 0.6 is 0 Å². The second-order valence-corrected chi connectivity index (χ2v) is 3.82. The van der Waals surface area contributed by atoms with E-state index in [1.807, 2.05) is 6.92 Å². The Hall–Kier alpha value is -1.43. The van der Waals surface area contributed by atoms with Crippen molar-refractivity contribution in [2.45, 2.75) is 32.9 Å². The summed E-state index contributed by atoms with van der Waals surface area (Å²) in [6, 6.07) is 0. The van der Waals surface area contributed by atoms with Crippen molar-refractivity contribution in [3.8, 4) is 0 Å². The Morgan fingerprint density at radius 2 is 2.50 bits per heavy atom. The first-order valence-corrected chi connectivity index (χ1v) is 5.54. The van der Waals surface area contributed by atoms with Crippen LogP contribution in [0.3, 0.4) is 0 Å². The first-order valence-electron chi connectivity index (χ1n) is 5.54. The lowest BCUT2D eigenvalue weighted by Gasteiger charge is -2.20. The molecule has 0 amide bonds. The first-order chi connectivity index (χ1) is 7.74. The molecule has 0 saturated carbocycles. The van der Waals surface area contributed by atoms with Gasteiger partial charge in [0.1, 0.15) is 5.82 Å². The molecule has 1 unspecified atom stereocenters. The van der Waals surface area contributed by atoms with Gasteiger partial charge in [-0.1, -0.05) is 0 Å². The van der Waals surface area contributed by atoms with Gasteiger partial charge in [0.15, 0.2) is 5.82 Å². The quantitative estimate of drug-likeness (QED) is 0.723. The van der Waals surface area contributed by atoms with Crippen LogP contribution in [0.2, 0.25) is 0 Å². The van der Waals surface area contributed by atoms with Gasteiger partial charge >= 0.3 is 5.97 Å². The Balaban J connectivity index is 2.08. The molecule has 0 bridgehead atoms. The predicted molar refractivity (Wildman–Crippen MR) is 56.4 cm³/mol. The average Bonchev–Trinajstić information content (AvgIpc) is 2.70. The molecule has 6 heteroatoms. The van der Waals surface area contributed by atoms with E-state index in [0.717, 1.165) is 18.7 Å². The molecule has 1 aromatic heterocycles. The molecule has 0 saturated heterocycles. The van der Waals surface area contributed by atoms with Gasteiger partial charge in [-0.3, -0.25) is 4.79 Å². The van der Waals surface area contributed by atoms with Crippen molar-refractivity contribution in [2.24, 2.45) is 11.7 Å². The summed E-state index contributed by atoms with van der Waals surface area (Å²) < 4.78 is 6.78. The molecule has 0 fully saturated rings. The number of nitrogens with two attached hydrogens (primary N) is 1. The van der Waals surface area contributed by atoms with E-state index >= 15 is 0 Å². The Morgan fingerprint density at radius 3 is 3.19 bits per heavy atom. The third-order valence-electron chi connectivity index (χ3n) is 2.70. The molecule has 1 aliphatic rings. The number of aryl methyl sites for hydroxylation is 1. The van der Waals surface area contributed by atoms with Crippen molar-refractivity contribution >= 4 is 5.97 Å². The fourth-order valence-electron chi connectivity index (χ4n) is 1.90. The smallest absolute Gasteiger partial charge is 0.310 e. The third-order valence-corrected chi connectivity index (χ3v) is 2.70. The summed E-state index contributed by atoms with van der Waals surface area (Å²) in [5.41, 5.74) is 5.47. The summed E-state index contributed by atoms with van der Waals surface area (Å²) in [6.45, 7) is 3.13. The van der Waals surface area contributed by atoms with Crippen molar-refractivity contribution in [1.29, 1.82) is 0 Å². The second-order valence-electron chi connectivity index (χ2n) is 3.82. The van der Waals surface area contributed by atoms with E-state index in [-0.39, 0.29) is 11.9 Å². The zero-order chi connectivity index (χ0) is 11.5. The van der Waals surface area contributed by atoms with E-state index in [4.69, 9.17) is 10.5 Å². The van der Waals surface area contributed by atoms with Crippen LogP contribution in [0.15, 0.2) is 0 Å². The maximum absolute atomic E-state index is 11.6. The summed E-state index contributed by atoms with van der Waals surface area (Å²) in [7, 11) is 0. The summed E-state index contributed by atoms with van der Waals surface area (Å²) in [5, 5.41) is 4.23. The molecule has 0 spiro atoms. The Labute approximate surface area is 93.8 Å². The zero-order valence-corrected chi connectivity index (χ0v) is 9.35. The lowest BCUT2D eigenvalue weighted by atomic mass is 10.0. The zero-order valence-electron chi connectivity index (χ0n) is 9.35. The molecule has 1 aromatic rings. The van der Waals surface area contributed by atoms with E-state index in [1.54, 1.807) is 4.68 Å². The molecule has 2 heterocycles. The average molecular weight is 224 g/mol. The maximum atomic E-state index is 11.6. The molecule has 0 radical (unpaired) electrons. The van der Waals surface area contributed by atoms with Crippen molar-refractivity contribution in [3.05, 3.63) is 11.6 Å². The highest BCUT2D eigenvalue weighted by atomic mass is 16.5. The normalized spacial score (nSPS) is 19.2. The van der Waals surface area contributed by atoms with E-state index in [9.17, 15) is 4.79 Å². The summed E-state index contributed by atoms with van der Waals surface area (Å²) in [6.07, 6.45) is 1.54. The van der Waals surface area contributed by atoms with Gasteiger partial charge in [-0.15, -0.1) is 0 Å². The van der Waals surface area contributed by atoms with Gasteiger partial charge in [-0.2, -0.15) is 5.10 Å². The van der Waals surface area contributed by atoms with Gasteiger partial charge in [0.2, 0.25) is 0 Å². The second kappa shape index (κ2) is 4.61. The van der Waals surface area contributed by atoms with Crippen molar-refractivity contribution in [2.75, 3.05) is 6.61 Å². The lowest BCUT2D eigenvalue weighted by molar-refractivity contribution is -0.149. The molecular weight excluding hydrogens is 208 g/mol. The standard InChI is InChI=1S/C10H16N4O2/c1-2-16-10(15)7-3-4-9-12-8(5-11)13-14(9)6-7/h7H,2-6,11H2,1H3. The highest BCUT2D eigenvalue weighted by molar-refractivity contribution is 5.72. The summed E-state index contributed by atoms with van der Waals surface area (Å²) in [4.78, 5) is 15.9. The fourth-order valence-corrected chi connectivity index (χ4v) is 1.90. The molecule has 88 valence electrons. The molecule has 16 heavy (non-hydrogen) atoms. The number of fused-ring (bicyclic) bond motifs is 1. The minimum absolute atomic E-state index is 0.0974. The highest BCUT2D eigenvalue weighted by Crippen LogP contribution is 2.19. The largest absolute Gasteiger partial charge is 0.466 e. The van der Waals surface area contributed by atoms with Crippen LogP contribution in [0, 0.1) is 5.92 Å². The van der Waals surface area contributed by atoms with Crippen molar-refractivity contribution in [3.63, 3.8) is 0 Å². The number of hydrogen-bond donors (Lipinski definition) is 1. The minimum atomic E-state index is -0.141. The molecule has 0 aliphatic carbocycles. The van der Waals surface area contributed by atoms with Gasteiger partial charge in [-0.05, 0) is 13.3 Å². The number of carbonyl (C=O) groups is 1. The summed E-state index contributed by atoms with van der Waals surface area (Å²) in [5.74, 6) is 1.32. The fraction of sp³-hybridized carbons (Fsp3) is 0.700. The van der Waals surface area contributed by atoms with Gasteiger partial charge in [-0.25, -0.2) is 9.67 Å². The van der Waals surface area contributed by atoms with Crippen LogP contribution in [-0.2, 0) is 29.0 Å². The monoisotopic (exact) mass is 224 g/mol. The first kappa shape index (κ1) is 11.1. The van der Waals surface area contributed by atoms with Crippen LogP contribution < -0.4 is 5.73 Å². The number of nitrogens with zero attached hydrogens (tertiary/aromatic N) is 3. The van der Waals surface area contributed by atoms with E-state index in [2.05, 4.69) is 10.1 Å². The van der Waals surface area contributed by atoms with Crippen LogP contribution in [0.4, 0.5) is 0 Å². The lowest BCUT2D eigenvalue weighted by Crippen LogP contribution is -2.29. The van der Waals surface area contributed by atoms with Crippen molar-refractivity contribution < 1.29 is 9.53 Å². The maximum Gasteiger partial charge on any atom is 0.310 e. The molecule has 0 aromatic carbocycles. The van der Waals surface area contributed by atoms with Gasteiger partial charge < -0.3 is 10.5 Å². The Morgan fingerprint density at radius 1 is 1.69 bits per heavy atom. The third kappa shape index (κ3) is 2.06. The van der Waals surface area contributed by atoms with Gasteiger partial charge in [0.05, 0.1) is 25.6 Å². The number of esters is 1. The molecule has 2 N–H and O–H groups in total. The topological polar surface area (TPSA) is 83.0 Å². The minimum Gasteiger partial charge on any atom is -0.466 e. The molecule has 2 rings (SSSR count). The van der Waals surface area contributed by atoms with Crippen LogP contribution in [-0.4, -0.2) is 27.3 Å². The molecule has 1 aliphatic heterocycles. The van der Waals surface area contributed by atoms with Gasteiger partial charge in [0.25, 0.3) is 0 Å². The van der Waals surface area contributed by atoms with E-state index in [1.165, 1.54) is 0 Å². The Kier molecular flexibility index (Phi) is 3.19. The number of ether oxygens (including phenoxy) is 1. The number of hydrogen-bond acceptors (Lipinski definition) is 5. The Bertz CT molecular complexity index is 388. The number of rotatable bonds is 3. The number of aromatic nitrogens is 3. The van der Waals surface area contributed by atoms with Crippen LogP contribution in [0.5, 0.6) is 0 Å². The molecule has 6 nitrogen and oxygen atoms in total. The SMILES string of the molecule is CCOC(=O)C1CCc2nc(CN)nn2C1. The predicted octanol–water partition coefficient (Wildman–Crippen LogP) is -0.138. The van der Waals surface area contributed by atoms with E-state index < -0.39 is 0 Å².